The van der Waals surface area contributed by atoms with Crippen molar-refractivity contribution in [3.8, 4) is 23.0 Å². The molecule has 4 rings (SSSR count). The zero-order chi connectivity index (χ0) is 17.6. The van der Waals surface area contributed by atoms with E-state index >= 15 is 0 Å². The minimum atomic E-state index is 0.387. The van der Waals surface area contributed by atoms with E-state index in [-0.39, 0.29) is 0 Å². The van der Waals surface area contributed by atoms with Crippen molar-refractivity contribution in [1.82, 2.24) is 20.1 Å². The maximum absolute atomic E-state index is 5.84. The van der Waals surface area contributed by atoms with Gasteiger partial charge in [-0.1, -0.05) is 29.4 Å². The van der Waals surface area contributed by atoms with Gasteiger partial charge in [0.25, 0.3) is 5.89 Å². The predicted octanol–water partition coefficient (Wildman–Crippen LogP) is 4.49. The first-order chi connectivity index (χ1) is 12.9. The number of rotatable bonds is 5. The van der Waals surface area contributed by atoms with E-state index in [0.29, 0.717) is 28.9 Å². The Morgan fingerprint density at radius 3 is 2.62 bits per heavy atom. The van der Waals surface area contributed by atoms with E-state index in [9.17, 15) is 0 Å². The summed E-state index contributed by atoms with van der Waals surface area (Å²) in [5.74, 6) is 1.91. The number of para-hydroxylation sites is 1. The van der Waals surface area contributed by atoms with E-state index in [1.165, 1.54) is 0 Å². The molecule has 0 fully saturated rings. The third-order valence-corrected chi connectivity index (χ3v) is 3.51. The zero-order valence-corrected chi connectivity index (χ0v) is 13.7. The van der Waals surface area contributed by atoms with Gasteiger partial charge >= 0.3 is 0 Å². The minimum Gasteiger partial charge on any atom is -0.438 e. The van der Waals surface area contributed by atoms with Crippen molar-refractivity contribution < 1.29 is 9.26 Å². The van der Waals surface area contributed by atoms with Gasteiger partial charge in [0.1, 0.15) is 5.75 Å². The molecule has 0 aliphatic heterocycles. The van der Waals surface area contributed by atoms with E-state index < -0.39 is 0 Å². The first-order valence-corrected chi connectivity index (χ1v) is 7.98. The van der Waals surface area contributed by atoms with Gasteiger partial charge in [0.15, 0.2) is 0 Å². The molecule has 0 spiro atoms. The van der Waals surface area contributed by atoms with Crippen LogP contribution in [0, 0.1) is 0 Å². The molecule has 4 aromatic rings. The molecule has 0 unspecified atom stereocenters. The highest BCUT2D eigenvalue weighted by atomic mass is 16.5. The van der Waals surface area contributed by atoms with Gasteiger partial charge in [0.05, 0.1) is 5.56 Å². The topological polar surface area (TPSA) is 73.9 Å². The molecular formula is C20H14N4O2. The average molecular weight is 342 g/mol. The van der Waals surface area contributed by atoms with Crippen molar-refractivity contribution in [2.75, 3.05) is 0 Å². The summed E-state index contributed by atoms with van der Waals surface area (Å²) in [7, 11) is 0. The van der Waals surface area contributed by atoms with E-state index in [4.69, 9.17) is 9.26 Å². The number of benzene rings is 1. The van der Waals surface area contributed by atoms with Crippen LogP contribution in [0.2, 0.25) is 0 Å². The van der Waals surface area contributed by atoms with Crippen LogP contribution >= 0.6 is 0 Å². The Morgan fingerprint density at radius 2 is 1.77 bits per heavy atom. The summed E-state index contributed by atoms with van der Waals surface area (Å²) < 4.78 is 11.1. The number of ether oxygens (including phenoxy) is 1. The fourth-order valence-corrected chi connectivity index (χ4v) is 2.30. The molecule has 0 saturated carbocycles. The molecule has 126 valence electrons. The summed E-state index contributed by atoms with van der Waals surface area (Å²) in [6.07, 6.45) is 8.72. The lowest BCUT2D eigenvalue weighted by molar-refractivity contribution is 0.410. The quantitative estimate of drug-likeness (QED) is 0.532. The summed E-state index contributed by atoms with van der Waals surface area (Å²) in [6, 6.07) is 16.9. The number of pyridine rings is 2. The van der Waals surface area contributed by atoms with Gasteiger partial charge in [-0.15, -0.1) is 0 Å². The van der Waals surface area contributed by atoms with Crippen molar-refractivity contribution in [2.24, 2.45) is 0 Å². The van der Waals surface area contributed by atoms with Crippen LogP contribution in [-0.2, 0) is 0 Å². The molecule has 0 radical (unpaired) electrons. The van der Waals surface area contributed by atoms with Gasteiger partial charge < -0.3 is 9.26 Å². The van der Waals surface area contributed by atoms with Crippen LogP contribution in [0.25, 0.3) is 23.5 Å². The van der Waals surface area contributed by atoms with Gasteiger partial charge in [0, 0.05) is 24.7 Å². The van der Waals surface area contributed by atoms with E-state index in [0.717, 1.165) is 5.56 Å². The maximum Gasteiger partial charge on any atom is 0.250 e. The molecule has 0 aliphatic carbocycles. The lowest BCUT2D eigenvalue weighted by Gasteiger charge is -2.06. The molecule has 3 heterocycles. The number of hydrogen-bond donors (Lipinski definition) is 0. The first kappa shape index (κ1) is 15.7. The summed E-state index contributed by atoms with van der Waals surface area (Å²) in [5.41, 5.74) is 1.60. The molecule has 3 aromatic heterocycles. The third-order valence-electron chi connectivity index (χ3n) is 3.51. The van der Waals surface area contributed by atoms with Crippen LogP contribution in [0.4, 0.5) is 0 Å². The highest BCUT2D eigenvalue weighted by Gasteiger charge is 2.14. The van der Waals surface area contributed by atoms with Gasteiger partial charge in [0.2, 0.25) is 11.7 Å². The minimum absolute atomic E-state index is 0.387. The zero-order valence-electron chi connectivity index (χ0n) is 13.7. The molecule has 0 atom stereocenters. The lowest BCUT2D eigenvalue weighted by Crippen LogP contribution is -1.92. The standard InChI is InChI=1S/C20H14N4O2/c1-2-7-16(8-3-1)25-20-17(9-5-13-22-20)19-23-18(26-24-19)11-10-15-6-4-12-21-14-15/h1-14H/b11-10+. The Hall–Kier alpha value is -3.80. The van der Waals surface area contributed by atoms with E-state index in [1.54, 1.807) is 30.7 Å². The third kappa shape index (κ3) is 3.64. The highest BCUT2D eigenvalue weighted by molar-refractivity contribution is 5.67. The van der Waals surface area contributed by atoms with Gasteiger partial charge in [-0.3, -0.25) is 4.98 Å². The first-order valence-electron chi connectivity index (χ1n) is 7.98. The normalized spacial score (nSPS) is 10.9. The number of hydrogen-bond acceptors (Lipinski definition) is 6. The molecule has 0 bridgehead atoms. The molecule has 6 nitrogen and oxygen atoms in total. The fraction of sp³-hybridized carbons (Fsp3) is 0. The highest BCUT2D eigenvalue weighted by Crippen LogP contribution is 2.29. The number of aromatic nitrogens is 4. The second kappa shape index (κ2) is 7.40. The van der Waals surface area contributed by atoms with Gasteiger partial charge in [-0.05, 0) is 42.0 Å². The second-order valence-electron chi connectivity index (χ2n) is 5.35. The Labute approximate surface area is 149 Å². The molecule has 0 N–H and O–H groups in total. The molecular weight excluding hydrogens is 328 g/mol. The smallest absolute Gasteiger partial charge is 0.250 e. The summed E-state index contributed by atoms with van der Waals surface area (Å²) in [4.78, 5) is 12.7. The largest absolute Gasteiger partial charge is 0.438 e. The molecule has 0 aliphatic rings. The number of nitrogens with zero attached hydrogens (tertiary/aromatic N) is 4. The van der Waals surface area contributed by atoms with Crippen LogP contribution in [0.15, 0.2) is 77.7 Å². The van der Waals surface area contributed by atoms with Crippen molar-refractivity contribution in [2.45, 2.75) is 0 Å². The molecule has 1 aromatic carbocycles. The fourth-order valence-electron chi connectivity index (χ4n) is 2.30. The maximum atomic E-state index is 5.84. The lowest BCUT2D eigenvalue weighted by atomic mass is 10.2. The van der Waals surface area contributed by atoms with Crippen molar-refractivity contribution >= 4 is 12.2 Å². The van der Waals surface area contributed by atoms with Crippen LogP contribution in [-0.4, -0.2) is 20.1 Å². The van der Waals surface area contributed by atoms with Crippen molar-refractivity contribution in [1.29, 1.82) is 0 Å². The van der Waals surface area contributed by atoms with Gasteiger partial charge in [-0.2, -0.15) is 4.98 Å². The molecule has 0 saturated heterocycles. The SMILES string of the molecule is C(=C\c1nc(-c2cccnc2Oc2ccccc2)no1)/c1cccnc1. The van der Waals surface area contributed by atoms with E-state index in [1.807, 2.05) is 54.6 Å². The summed E-state index contributed by atoms with van der Waals surface area (Å²) in [6.45, 7) is 0. The monoisotopic (exact) mass is 342 g/mol. The van der Waals surface area contributed by atoms with Crippen LogP contribution < -0.4 is 4.74 Å². The Bertz CT molecular complexity index is 1010. The van der Waals surface area contributed by atoms with Gasteiger partial charge in [-0.25, -0.2) is 4.98 Å². The second-order valence-corrected chi connectivity index (χ2v) is 5.35. The molecule has 6 heteroatoms. The van der Waals surface area contributed by atoms with Crippen LogP contribution in [0.3, 0.4) is 0 Å². The van der Waals surface area contributed by atoms with Crippen molar-refractivity contribution in [3.05, 3.63) is 84.6 Å². The van der Waals surface area contributed by atoms with E-state index in [2.05, 4.69) is 20.1 Å². The molecule has 26 heavy (non-hydrogen) atoms. The summed E-state index contributed by atoms with van der Waals surface area (Å²) >= 11 is 0. The van der Waals surface area contributed by atoms with Crippen LogP contribution in [0.5, 0.6) is 11.6 Å². The Kier molecular flexibility index (Phi) is 4.47. The Balaban J connectivity index is 1.59. The van der Waals surface area contributed by atoms with Crippen LogP contribution in [0.1, 0.15) is 11.5 Å². The average Bonchev–Trinajstić information content (AvgIpc) is 3.17. The summed E-state index contributed by atoms with van der Waals surface area (Å²) in [5, 5.41) is 4.03. The van der Waals surface area contributed by atoms with Crippen molar-refractivity contribution in [3.63, 3.8) is 0 Å². The Morgan fingerprint density at radius 1 is 0.885 bits per heavy atom. The molecule has 0 amide bonds. The predicted molar refractivity (Wildman–Crippen MR) is 97.2 cm³/mol.